The average molecular weight is 438 g/mol. The number of carbonyl (C=O) groups is 2. The van der Waals surface area contributed by atoms with Gasteiger partial charge in [-0.15, -0.1) is 0 Å². The van der Waals surface area contributed by atoms with Crippen molar-refractivity contribution >= 4 is 29.6 Å². The largest absolute Gasteiger partial charge is 0.444 e. The Balaban J connectivity index is 2.13. The smallest absolute Gasteiger partial charge is 0.413 e. The fourth-order valence-electron chi connectivity index (χ4n) is 2.43. The minimum atomic E-state index is -0.662. The summed E-state index contributed by atoms with van der Waals surface area (Å²) in [5.74, 6) is 6.04. The number of hydrogen-bond acceptors (Lipinski definition) is 6. The normalized spacial score (nSPS) is 16.9. The van der Waals surface area contributed by atoms with Crippen LogP contribution in [-0.4, -0.2) is 59.1 Å². The predicted molar refractivity (Wildman–Crippen MR) is 114 cm³/mol. The molecule has 1 aliphatic heterocycles. The van der Waals surface area contributed by atoms with Gasteiger partial charge in [0.2, 0.25) is 0 Å². The molecule has 1 aromatic heterocycles. The first kappa shape index (κ1) is 23.8. The van der Waals surface area contributed by atoms with Crippen LogP contribution in [0.5, 0.6) is 0 Å². The Morgan fingerprint density at radius 1 is 1.23 bits per heavy atom. The molecule has 1 fully saturated rings. The van der Waals surface area contributed by atoms with Gasteiger partial charge >= 0.3 is 12.2 Å². The molecule has 9 heteroatoms. The predicted octanol–water partition coefficient (Wildman–Crippen LogP) is 4.07. The SMILES string of the molecule is CC(C)(C)OC(=O)Nc1nccc(Cl)c1C#C[C@@H]1CN(C(=O)OC(C)(C)C)CCO1. The van der Waals surface area contributed by atoms with Gasteiger partial charge in [-0.3, -0.25) is 5.32 Å². The minimum Gasteiger partial charge on any atom is -0.444 e. The molecular weight excluding hydrogens is 410 g/mol. The summed E-state index contributed by atoms with van der Waals surface area (Å²) in [5, 5.41) is 2.89. The van der Waals surface area contributed by atoms with E-state index < -0.39 is 29.5 Å². The highest BCUT2D eigenvalue weighted by Gasteiger charge is 2.27. The van der Waals surface area contributed by atoms with Crippen LogP contribution in [0.25, 0.3) is 0 Å². The Bertz CT molecular complexity index is 849. The molecule has 0 bridgehead atoms. The molecule has 1 N–H and O–H groups in total. The molecule has 2 amide bonds. The molecule has 0 unspecified atom stereocenters. The quantitative estimate of drug-likeness (QED) is 0.666. The summed E-state index contributed by atoms with van der Waals surface area (Å²) in [6.07, 6.45) is -0.145. The van der Waals surface area contributed by atoms with Crippen molar-refractivity contribution < 1.29 is 23.8 Å². The second-order valence-corrected chi connectivity index (χ2v) is 9.11. The molecule has 164 valence electrons. The van der Waals surface area contributed by atoms with Crippen LogP contribution in [0, 0.1) is 11.8 Å². The van der Waals surface area contributed by atoms with Crippen molar-refractivity contribution in [3.05, 3.63) is 22.8 Å². The van der Waals surface area contributed by atoms with Crippen molar-refractivity contribution in [2.45, 2.75) is 58.8 Å². The lowest BCUT2D eigenvalue weighted by Crippen LogP contribution is -2.47. The second-order valence-electron chi connectivity index (χ2n) is 8.70. The zero-order valence-corrected chi connectivity index (χ0v) is 18.9. The van der Waals surface area contributed by atoms with E-state index in [9.17, 15) is 9.59 Å². The zero-order valence-electron chi connectivity index (χ0n) is 18.2. The standard InChI is InChI=1S/C21H28ClN3O5/c1-20(2,3)29-18(26)24-17-15(16(22)9-10-23-17)8-7-14-13-25(11-12-28-14)19(27)30-21(4,5)6/h9-10,14H,11-13H2,1-6H3,(H,23,24,26)/t14-/m1/s1. The minimum absolute atomic E-state index is 0.184. The summed E-state index contributed by atoms with van der Waals surface area (Å²) in [6, 6.07) is 1.57. The summed E-state index contributed by atoms with van der Waals surface area (Å²) in [7, 11) is 0. The molecule has 1 saturated heterocycles. The Kier molecular flexibility index (Phi) is 7.56. The number of ether oxygens (including phenoxy) is 3. The molecule has 0 aliphatic carbocycles. The Hall–Kier alpha value is -2.50. The second kappa shape index (κ2) is 9.54. The highest BCUT2D eigenvalue weighted by molar-refractivity contribution is 6.32. The number of halogens is 1. The van der Waals surface area contributed by atoms with Gasteiger partial charge in [-0.2, -0.15) is 0 Å². The summed E-state index contributed by atoms with van der Waals surface area (Å²) in [6.45, 7) is 11.7. The first-order valence-corrected chi connectivity index (χ1v) is 9.97. The van der Waals surface area contributed by atoms with Crippen LogP contribution in [0.4, 0.5) is 15.4 Å². The first-order valence-electron chi connectivity index (χ1n) is 9.59. The van der Waals surface area contributed by atoms with Crippen molar-refractivity contribution in [2.75, 3.05) is 25.0 Å². The fraction of sp³-hybridized carbons (Fsp3) is 0.571. The van der Waals surface area contributed by atoms with E-state index in [2.05, 4.69) is 22.1 Å². The number of aromatic nitrogens is 1. The lowest BCUT2D eigenvalue weighted by molar-refractivity contribution is -0.0236. The average Bonchev–Trinajstić information content (AvgIpc) is 2.58. The van der Waals surface area contributed by atoms with E-state index in [0.29, 0.717) is 23.7 Å². The van der Waals surface area contributed by atoms with Crippen LogP contribution in [0.1, 0.15) is 47.1 Å². The van der Waals surface area contributed by atoms with Crippen molar-refractivity contribution in [3.63, 3.8) is 0 Å². The van der Waals surface area contributed by atoms with Crippen LogP contribution in [-0.2, 0) is 14.2 Å². The number of amides is 2. The molecule has 0 aromatic carbocycles. The monoisotopic (exact) mass is 437 g/mol. The van der Waals surface area contributed by atoms with Gasteiger partial charge < -0.3 is 19.1 Å². The molecule has 30 heavy (non-hydrogen) atoms. The van der Waals surface area contributed by atoms with E-state index >= 15 is 0 Å². The lowest BCUT2D eigenvalue weighted by atomic mass is 10.2. The number of pyridine rings is 1. The number of hydrogen-bond donors (Lipinski definition) is 1. The molecule has 2 heterocycles. The topological polar surface area (TPSA) is 90.0 Å². The highest BCUT2D eigenvalue weighted by atomic mass is 35.5. The van der Waals surface area contributed by atoms with E-state index in [4.69, 9.17) is 25.8 Å². The molecule has 2 rings (SSSR count). The summed E-state index contributed by atoms with van der Waals surface area (Å²) in [4.78, 5) is 30.1. The molecule has 0 saturated carbocycles. The van der Waals surface area contributed by atoms with Crippen LogP contribution in [0.15, 0.2) is 12.3 Å². The summed E-state index contributed by atoms with van der Waals surface area (Å²) >= 11 is 6.26. The number of carbonyl (C=O) groups excluding carboxylic acids is 2. The zero-order chi connectivity index (χ0) is 22.5. The van der Waals surface area contributed by atoms with Crippen LogP contribution in [0.2, 0.25) is 5.02 Å². The fourth-order valence-corrected chi connectivity index (χ4v) is 2.63. The maximum Gasteiger partial charge on any atom is 0.413 e. The van der Waals surface area contributed by atoms with Crippen molar-refractivity contribution in [2.24, 2.45) is 0 Å². The van der Waals surface area contributed by atoms with Crippen molar-refractivity contribution in [1.82, 2.24) is 9.88 Å². The van der Waals surface area contributed by atoms with Gasteiger partial charge in [-0.05, 0) is 47.6 Å². The van der Waals surface area contributed by atoms with E-state index in [1.54, 1.807) is 31.7 Å². The van der Waals surface area contributed by atoms with Crippen LogP contribution in [0.3, 0.4) is 0 Å². The van der Waals surface area contributed by atoms with E-state index in [-0.39, 0.29) is 12.4 Å². The molecule has 1 atom stereocenters. The van der Waals surface area contributed by atoms with Crippen LogP contribution >= 0.6 is 11.6 Å². The van der Waals surface area contributed by atoms with Crippen molar-refractivity contribution in [3.8, 4) is 11.8 Å². The Morgan fingerprint density at radius 3 is 2.53 bits per heavy atom. The van der Waals surface area contributed by atoms with Crippen molar-refractivity contribution in [1.29, 1.82) is 0 Å². The Morgan fingerprint density at radius 2 is 1.90 bits per heavy atom. The maximum absolute atomic E-state index is 12.3. The van der Waals surface area contributed by atoms with Crippen LogP contribution < -0.4 is 5.32 Å². The van der Waals surface area contributed by atoms with Gasteiger partial charge in [-0.25, -0.2) is 14.6 Å². The lowest BCUT2D eigenvalue weighted by Gasteiger charge is -2.32. The molecule has 1 aromatic rings. The third-order valence-electron chi connectivity index (χ3n) is 3.60. The summed E-state index contributed by atoms with van der Waals surface area (Å²) in [5.41, 5.74) is -0.902. The number of anilines is 1. The molecule has 8 nitrogen and oxygen atoms in total. The first-order chi connectivity index (χ1) is 13.8. The van der Waals surface area contributed by atoms with E-state index in [0.717, 1.165) is 0 Å². The third-order valence-corrected chi connectivity index (χ3v) is 3.91. The molecule has 1 aliphatic rings. The number of morpholine rings is 1. The number of nitrogens with one attached hydrogen (secondary N) is 1. The van der Waals surface area contributed by atoms with Gasteiger partial charge in [0.05, 0.1) is 23.7 Å². The Labute approximate surface area is 182 Å². The van der Waals surface area contributed by atoms with E-state index in [1.807, 2.05) is 20.8 Å². The van der Waals surface area contributed by atoms with Gasteiger partial charge in [0.15, 0.2) is 5.82 Å². The number of nitrogens with zero attached hydrogens (tertiary/aromatic N) is 2. The third kappa shape index (κ3) is 7.73. The van der Waals surface area contributed by atoms with Gasteiger partial charge in [0.25, 0.3) is 0 Å². The molecular formula is C21H28ClN3O5. The van der Waals surface area contributed by atoms with E-state index in [1.165, 1.54) is 6.20 Å². The number of rotatable bonds is 1. The molecule has 0 radical (unpaired) electrons. The molecule has 0 spiro atoms. The van der Waals surface area contributed by atoms with Gasteiger partial charge in [0, 0.05) is 12.7 Å². The summed E-state index contributed by atoms with van der Waals surface area (Å²) < 4.78 is 16.3. The maximum atomic E-state index is 12.3. The van der Waals surface area contributed by atoms with Gasteiger partial charge in [-0.1, -0.05) is 23.4 Å². The van der Waals surface area contributed by atoms with Gasteiger partial charge in [0.1, 0.15) is 17.3 Å². The highest BCUT2D eigenvalue weighted by Crippen LogP contribution is 2.22.